The first-order chi connectivity index (χ1) is 7.38. The summed E-state index contributed by atoms with van der Waals surface area (Å²) in [5.41, 5.74) is 2.19. The van der Waals surface area contributed by atoms with Crippen molar-refractivity contribution in [2.75, 3.05) is 0 Å². The quantitative estimate of drug-likeness (QED) is 0.545. The van der Waals surface area contributed by atoms with Crippen LogP contribution < -0.4 is 0 Å². The molecule has 2 nitrogen and oxygen atoms in total. The van der Waals surface area contributed by atoms with Crippen molar-refractivity contribution in [2.24, 2.45) is 0 Å². The number of aromatic nitrogens is 1. The van der Waals surface area contributed by atoms with Gasteiger partial charge in [-0.25, -0.2) is 0 Å². The molecule has 0 radical (unpaired) electrons. The zero-order valence-electron chi connectivity index (χ0n) is 8.01. The molecule has 0 N–H and O–H groups in total. The minimum absolute atomic E-state index is 0.222. The van der Waals surface area contributed by atoms with E-state index >= 15 is 0 Å². The molecule has 0 bridgehead atoms. The molecule has 3 heteroatoms. The van der Waals surface area contributed by atoms with Crippen LogP contribution in [0, 0.1) is 0 Å². The number of halogens is 1. The van der Waals surface area contributed by atoms with Crippen molar-refractivity contribution in [3.05, 3.63) is 54.7 Å². The maximum absolute atomic E-state index is 8.57. The van der Waals surface area contributed by atoms with Crippen molar-refractivity contribution in [1.82, 2.24) is 4.98 Å². The topological polar surface area (TPSA) is 30.0 Å². The number of pyridine rings is 1. The van der Waals surface area contributed by atoms with E-state index in [1.807, 2.05) is 42.6 Å². The Kier molecular flexibility index (Phi) is 5.12. The molecular weight excluding hydrogens is 210 g/mol. The molecule has 0 fully saturated rings. The maximum Gasteiger partial charge on any atom is 0.208 e. The van der Waals surface area contributed by atoms with Gasteiger partial charge in [0.05, 0.1) is 5.69 Å². The molecule has 0 saturated heterocycles. The van der Waals surface area contributed by atoms with Crippen LogP contribution in [0.15, 0.2) is 54.7 Å². The molecule has 2 rings (SSSR count). The van der Waals surface area contributed by atoms with Crippen molar-refractivity contribution in [1.29, 1.82) is 0 Å². The van der Waals surface area contributed by atoms with E-state index in [1.165, 1.54) is 0 Å². The van der Waals surface area contributed by atoms with Gasteiger partial charge in [0.2, 0.25) is 5.75 Å². The fraction of sp³-hybridized carbons (Fsp3) is 0. The number of rotatable bonds is 1. The van der Waals surface area contributed by atoms with Crippen molar-refractivity contribution >= 4 is 17.3 Å². The van der Waals surface area contributed by atoms with Gasteiger partial charge >= 0.3 is 0 Å². The number of hydrogen-bond donors (Lipinski definition) is 0. The number of nitrogens with zero attached hydrogens (tertiary/aromatic N) is 1. The molecule has 0 spiro atoms. The molecule has 15 heavy (non-hydrogen) atoms. The van der Waals surface area contributed by atoms with Crippen LogP contribution in [-0.2, 0) is 4.79 Å². The standard InChI is InChI=1S/C11H9N.CHClO/c1-2-6-10(7-3-1)11-8-4-5-9-12-11;2-1-3/h1-9H;1H. The smallest absolute Gasteiger partial charge is 0.208 e. The van der Waals surface area contributed by atoms with E-state index in [1.54, 1.807) is 0 Å². The fourth-order valence-electron chi connectivity index (χ4n) is 1.14. The molecule has 1 heterocycles. The molecule has 0 unspecified atom stereocenters. The Bertz CT molecular complexity index is 351. The van der Waals surface area contributed by atoms with Crippen LogP contribution in [0.25, 0.3) is 11.3 Å². The predicted octanol–water partition coefficient (Wildman–Crippen LogP) is 3.16. The van der Waals surface area contributed by atoms with Crippen LogP contribution in [0.3, 0.4) is 0 Å². The summed E-state index contributed by atoms with van der Waals surface area (Å²) in [5, 5.41) is 0. The Hall–Kier alpha value is -1.67. The number of carbonyl (C=O) groups is 1. The van der Waals surface area contributed by atoms with Gasteiger partial charge in [0.25, 0.3) is 0 Å². The van der Waals surface area contributed by atoms with Crippen LogP contribution in [0.2, 0.25) is 0 Å². The third-order valence-corrected chi connectivity index (χ3v) is 1.73. The van der Waals surface area contributed by atoms with Crippen LogP contribution in [0.1, 0.15) is 0 Å². The third-order valence-electron chi connectivity index (χ3n) is 1.73. The molecular formula is C12H10ClNO. The van der Waals surface area contributed by atoms with Gasteiger partial charge in [-0.15, -0.1) is 0 Å². The van der Waals surface area contributed by atoms with Crippen LogP contribution in [-0.4, -0.2) is 10.7 Å². The highest BCUT2D eigenvalue weighted by Crippen LogP contribution is 2.14. The van der Waals surface area contributed by atoms with Gasteiger partial charge in [-0.3, -0.25) is 9.78 Å². The highest BCUT2D eigenvalue weighted by molar-refractivity contribution is 6.54. The summed E-state index contributed by atoms with van der Waals surface area (Å²) in [6.07, 6.45) is 1.81. The van der Waals surface area contributed by atoms with Crippen molar-refractivity contribution in [2.45, 2.75) is 0 Å². The van der Waals surface area contributed by atoms with Gasteiger partial charge in [-0.1, -0.05) is 36.4 Å². The lowest BCUT2D eigenvalue weighted by Crippen LogP contribution is -1.79. The van der Waals surface area contributed by atoms with E-state index in [0.717, 1.165) is 11.3 Å². The first-order valence-electron chi connectivity index (χ1n) is 4.39. The van der Waals surface area contributed by atoms with Crippen LogP contribution in [0.5, 0.6) is 0 Å². The van der Waals surface area contributed by atoms with Gasteiger partial charge in [0.15, 0.2) is 0 Å². The second kappa shape index (κ2) is 6.74. The summed E-state index contributed by atoms with van der Waals surface area (Å²) in [7, 11) is 0. The van der Waals surface area contributed by atoms with Crippen molar-refractivity contribution < 1.29 is 4.79 Å². The minimum atomic E-state index is 0.222. The summed E-state index contributed by atoms with van der Waals surface area (Å²) in [5.74, 6) is 0.222. The maximum atomic E-state index is 8.57. The van der Waals surface area contributed by atoms with E-state index in [9.17, 15) is 0 Å². The lowest BCUT2D eigenvalue weighted by atomic mass is 10.1. The number of hydrogen-bond acceptors (Lipinski definition) is 2. The summed E-state index contributed by atoms with van der Waals surface area (Å²) >= 11 is 4.32. The number of carbonyl (C=O) groups excluding carboxylic acids is 1. The van der Waals surface area contributed by atoms with E-state index in [4.69, 9.17) is 4.79 Å². The molecule has 1 aromatic carbocycles. The normalized spacial score (nSPS) is 8.60. The predicted molar refractivity (Wildman–Crippen MR) is 62.3 cm³/mol. The number of benzene rings is 1. The Morgan fingerprint density at radius 1 is 1.00 bits per heavy atom. The summed E-state index contributed by atoms with van der Waals surface area (Å²) in [4.78, 5) is 12.8. The average Bonchev–Trinajstić information content (AvgIpc) is 2.32. The Balaban J connectivity index is 0.000000337. The highest BCUT2D eigenvalue weighted by Gasteiger charge is 1.93. The van der Waals surface area contributed by atoms with Gasteiger partial charge in [0, 0.05) is 11.8 Å². The molecule has 0 atom stereocenters. The molecule has 76 valence electrons. The first-order valence-corrected chi connectivity index (χ1v) is 4.82. The molecule has 2 aromatic rings. The third kappa shape index (κ3) is 3.92. The summed E-state index contributed by atoms with van der Waals surface area (Å²) in [6.45, 7) is 0. The zero-order chi connectivity index (χ0) is 10.9. The second-order valence-electron chi connectivity index (χ2n) is 2.67. The second-order valence-corrected chi connectivity index (χ2v) is 2.85. The molecule has 0 saturated carbocycles. The molecule has 0 aliphatic heterocycles. The Morgan fingerprint density at radius 2 is 1.60 bits per heavy atom. The molecule has 0 aliphatic rings. The van der Waals surface area contributed by atoms with E-state index in [-0.39, 0.29) is 5.75 Å². The van der Waals surface area contributed by atoms with E-state index in [0.29, 0.717) is 0 Å². The Labute approximate surface area is 93.5 Å². The SMILES string of the molecule is O=CCl.c1ccc(-c2ccccn2)cc1. The van der Waals surface area contributed by atoms with Crippen LogP contribution >= 0.6 is 11.6 Å². The van der Waals surface area contributed by atoms with Crippen LogP contribution in [0.4, 0.5) is 0 Å². The van der Waals surface area contributed by atoms with E-state index in [2.05, 4.69) is 28.7 Å². The van der Waals surface area contributed by atoms with Gasteiger partial charge < -0.3 is 0 Å². The Morgan fingerprint density at radius 3 is 2.13 bits per heavy atom. The molecule has 0 aliphatic carbocycles. The monoisotopic (exact) mass is 219 g/mol. The lowest BCUT2D eigenvalue weighted by Gasteiger charge is -1.97. The summed E-state index contributed by atoms with van der Waals surface area (Å²) in [6, 6.07) is 16.1. The van der Waals surface area contributed by atoms with Crippen molar-refractivity contribution in [3.8, 4) is 11.3 Å². The van der Waals surface area contributed by atoms with E-state index < -0.39 is 0 Å². The minimum Gasteiger partial charge on any atom is -0.285 e. The lowest BCUT2D eigenvalue weighted by molar-refractivity contribution is 0.569. The summed E-state index contributed by atoms with van der Waals surface area (Å²) < 4.78 is 0. The van der Waals surface area contributed by atoms with Gasteiger partial charge in [-0.2, -0.15) is 0 Å². The first kappa shape index (κ1) is 11.4. The van der Waals surface area contributed by atoms with Gasteiger partial charge in [0.1, 0.15) is 0 Å². The highest BCUT2D eigenvalue weighted by atomic mass is 35.5. The average molecular weight is 220 g/mol. The zero-order valence-corrected chi connectivity index (χ0v) is 8.76. The largest absolute Gasteiger partial charge is 0.285 e. The molecule has 0 amide bonds. The van der Waals surface area contributed by atoms with Crippen molar-refractivity contribution in [3.63, 3.8) is 0 Å². The molecule has 1 aromatic heterocycles. The van der Waals surface area contributed by atoms with Gasteiger partial charge in [-0.05, 0) is 23.7 Å². The fourth-order valence-corrected chi connectivity index (χ4v) is 1.14.